The van der Waals surface area contributed by atoms with Crippen molar-refractivity contribution < 1.29 is 18.9 Å². The Labute approximate surface area is 177 Å². The number of benzene rings is 3. The highest BCUT2D eigenvalue weighted by Crippen LogP contribution is 2.29. The van der Waals surface area contributed by atoms with E-state index < -0.39 is 0 Å². The molecule has 0 aliphatic rings. The second-order valence-electron chi connectivity index (χ2n) is 6.47. The van der Waals surface area contributed by atoms with Crippen molar-refractivity contribution in [1.29, 1.82) is 0 Å². The number of ether oxygens (including phenoxy) is 4. The fourth-order valence-corrected chi connectivity index (χ4v) is 2.87. The number of rotatable bonds is 10. The van der Waals surface area contributed by atoms with Crippen molar-refractivity contribution in [3.8, 4) is 23.0 Å². The van der Waals surface area contributed by atoms with Gasteiger partial charge in [0.2, 0.25) is 0 Å². The summed E-state index contributed by atoms with van der Waals surface area (Å²) in [7, 11) is 4.86. The van der Waals surface area contributed by atoms with Gasteiger partial charge >= 0.3 is 0 Å². The zero-order valence-electron chi connectivity index (χ0n) is 17.4. The molecule has 6 heteroatoms. The second kappa shape index (κ2) is 10.8. The third-order valence-electron chi connectivity index (χ3n) is 4.46. The van der Waals surface area contributed by atoms with Crippen LogP contribution in [0.2, 0.25) is 0 Å². The molecule has 3 aromatic carbocycles. The third-order valence-corrected chi connectivity index (χ3v) is 4.46. The van der Waals surface area contributed by atoms with E-state index in [1.165, 1.54) is 0 Å². The normalized spacial score (nSPS) is 10.6. The lowest BCUT2D eigenvalue weighted by Crippen LogP contribution is -2.06. The molecular weight excluding hydrogens is 380 g/mol. The Morgan fingerprint density at radius 2 is 1.43 bits per heavy atom. The minimum atomic E-state index is 0.484. The van der Waals surface area contributed by atoms with Gasteiger partial charge in [-0.15, -0.1) is 0 Å². The lowest BCUT2D eigenvalue weighted by atomic mass is 10.2. The predicted octanol–water partition coefficient (Wildman–Crippen LogP) is 4.42. The first-order valence-corrected chi connectivity index (χ1v) is 9.55. The summed E-state index contributed by atoms with van der Waals surface area (Å²) in [5.74, 6) is 2.74. The highest BCUT2D eigenvalue weighted by molar-refractivity contribution is 5.80. The van der Waals surface area contributed by atoms with Crippen molar-refractivity contribution in [1.82, 2.24) is 5.43 Å². The smallest absolute Gasteiger partial charge is 0.161 e. The minimum absolute atomic E-state index is 0.484. The molecule has 0 fully saturated rings. The second-order valence-corrected chi connectivity index (χ2v) is 6.47. The Morgan fingerprint density at radius 3 is 2.17 bits per heavy atom. The van der Waals surface area contributed by atoms with Crippen LogP contribution < -0.4 is 24.4 Å². The van der Waals surface area contributed by atoms with E-state index in [4.69, 9.17) is 18.9 Å². The van der Waals surface area contributed by atoms with Gasteiger partial charge < -0.3 is 24.4 Å². The number of nitrogens with zero attached hydrogens (tertiary/aromatic N) is 1. The maximum absolute atomic E-state index is 5.89. The van der Waals surface area contributed by atoms with Crippen LogP contribution >= 0.6 is 0 Å². The van der Waals surface area contributed by atoms with Crippen LogP contribution in [0.5, 0.6) is 23.0 Å². The van der Waals surface area contributed by atoms with E-state index in [9.17, 15) is 0 Å². The molecule has 0 amide bonds. The van der Waals surface area contributed by atoms with Crippen molar-refractivity contribution in [2.45, 2.75) is 13.2 Å². The first-order chi connectivity index (χ1) is 14.7. The van der Waals surface area contributed by atoms with Gasteiger partial charge in [0.25, 0.3) is 0 Å². The summed E-state index contributed by atoms with van der Waals surface area (Å²) in [5, 5.41) is 4.29. The number of hydrogen-bond acceptors (Lipinski definition) is 6. The molecule has 0 bridgehead atoms. The Kier molecular flexibility index (Phi) is 7.55. The van der Waals surface area contributed by atoms with Gasteiger partial charge in [-0.3, -0.25) is 0 Å². The highest BCUT2D eigenvalue weighted by atomic mass is 16.5. The first-order valence-electron chi connectivity index (χ1n) is 9.55. The molecule has 0 heterocycles. The van der Waals surface area contributed by atoms with Crippen LogP contribution in [0.4, 0.5) is 0 Å². The van der Waals surface area contributed by atoms with Gasteiger partial charge in [-0.25, -0.2) is 0 Å². The molecule has 0 saturated heterocycles. The monoisotopic (exact) mass is 406 g/mol. The van der Waals surface area contributed by atoms with Gasteiger partial charge in [0.1, 0.15) is 6.61 Å². The van der Waals surface area contributed by atoms with E-state index >= 15 is 0 Å². The Balaban J connectivity index is 1.57. The summed E-state index contributed by atoms with van der Waals surface area (Å²) in [6, 6.07) is 21.5. The lowest BCUT2D eigenvalue weighted by molar-refractivity contribution is 0.284. The average Bonchev–Trinajstić information content (AvgIpc) is 2.81. The lowest BCUT2D eigenvalue weighted by Gasteiger charge is -2.11. The molecule has 1 N–H and O–H groups in total. The molecule has 3 rings (SSSR count). The van der Waals surface area contributed by atoms with E-state index in [1.807, 2.05) is 66.7 Å². The standard InChI is InChI=1S/C24H26N2O4/c1-27-21-11-9-19(13-23(21)28-2)15-25-26-16-20-10-12-22(24(14-20)29-3)30-17-18-7-5-4-6-8-18/h4-14,16,25H,15,17H2,1-3H3/b26-16+. The molecule has 3 aromatic rings. The third kappa shape index (κ3) is 5.67. The van der Waals surface area contributed by atoms with Crippen molar-refractivity contribution in [3.63, 3.8) is 0 Å². The number of methoxy groups -OCH3 is 3. The van der Waals surface area contributed by atoms with Gasteiger partial charge in [-0.1, -0.05) is 36.4 Å². The topological polar surface area (TPSA) is 61.3 Å². The van der Waals surface area contributed by atoms with E-state index in [2.05, 4.69) is 10.5 Å². The van der Waals surface area contributed by atoms with Gasteiger partial charge in [0.05, 0.1) is 34.1 Å². The SMILES string of the molecule is COc1ccc(CN/N=C/c2ccc(OCc3ccccc3)c(OC)c2)cc1OC. The summed E-state index contributed by atoms with van der Waals surface area (Å²) in [6.45, 7) is 1.05. The van der Waals surface area contributed by atoms with Crippen LogP contribution in [0.3, 0.4) is 0 Å². The van der Waals surface area contributed by atoms with Crippen LogP contribution in [0, 0.1) is 0 Å². The fraction of sp³-hybridized carbons (Fsp3) is 0.208. The van der Waals surface area contributed by atoms with Crippen molar-refractivity contribution in [3.05, 3.63) is 83.4 Å². The molecule has 0 spiro atoms. The van der Waals surface area contributed by atoms with Crippen LogP contribution in [0.15, 0.2) is 71.8 Å². The average molecular weight is 406 g/mol. The molecule has 0 aliphatic heterocycles. The maximum Gasteiger partial charge on any atom is 0.161 e. The largest absolute Gasteiger partial charge is 0.493 e. The van der Waals surface area contributed by atoms with E-state index in [-0.39, 0.29) is 0 Å². The zero-order chi connectivity index (χ0) is 21.2. The summed E-state index contributed by atoms with van der Waals surface area (Å²) < 4.78 is 21.9. The molecule has 6 nitrogen and oxygen atoms in total. The molecule has 30 heavy (non-hydrogen) atoms. The van der Waals surface area contributed by atoms with Gasteiger partial charge in [-0.2, -0.15) is 5.10 Å². The van der Waals surface area contributed by atoms with Crippen molar-refractivity contribution >= 4 is 6.21 Å². The Morgan fingerprint density at radius 1 is 0.733 bits per heavy atom. The molecule has 0 atom stereocenters. The number of hydrogen-bond donors (Lipinski definition) is 1. The molecule has 0 aromatic heterocycles. The van der Waals surface area contributed by atoms with Crippen LogP contribution in [-0.4, -0.2) is 27.5 Å². The van der Waals surface area contributed by atoms with E-state index in [0.29, 0.717) is 36.1 Å². The van der Waals surface area contributed by atoms with E-state index in [0.717, 1.165) is 16.7 Å². The molecule has 0 unspecified atom stereocenters. The van der Waals surface area contributed by atoms with Crippen LogP contribution in [0.1, 0.15) is 16.7 Å². The summed E-state index contributed by atoms with van der Waals surface area (Å²) in [5.41, 5.74) is 6.08. The quantitative estimate of drug-likeness (QED) is 0.399. The Hall–Kier alpha value is -3.67. The van der Waals surface area contributed by atoms with Crippen LogP contribution in [0.25, 0.3) is 0 Å². The maximum atomic E-state index is 5.89. The highest BCUT2D eigenvalue weighted by Gasteiger charge is 2.06. The molecule has 0 aliphatic carbocycles. The van der Waals surface area contributed by atoms with Gasteiger partial charge in [-0.05, 0) is 47.0 Å². The number of hydrazone groups is 1. The van der Waals surface area contributed by atoms with Crippen molar-refractivity contribution in [2.75, 3.05) is 21.3 Å². The summed E-state index contributed by atoms with van der Waals surface area (Å²) in [4.78, 5) is 0. The van der Waals surface area contributed by atoms with Crippen molar-refractivity contribution in [2.24, 2.45) is 5.10 Å². The molecule has 0 radical (unpaired) electrons. The summed E-state index contributed by atoms with van der Waals surface area (Å²) in [6.07, 6.45) is 1.74. The van der Waals surface area contributed by atoms with E-state index in [1.54, 1.807) is 27.5 Å². The van der Waals surface area contributed by atoms with Crippen LogP contribution in [-0.2, 0) is 13.2 Å². The minimum Gasteiger partial charge on any atom is -0.493 e. The molecule has 156 valence electrons. The van der Waals surface area contributed by atoms with Gasteiger partial charge in [0, 0.05) is 0 Å². The first kappa shape index (κ1) is 21.0. The predicted molar refractivity (Wildman–Crippen MR) is 118 cm³/mol. The zero-order valence-corrected chi connectivity index (χ0v) is 17.4. The van der Waals surface area contributed by atoms with Gasteiger partial charge in [0.15, 0.2) is 23.0 Å². The molecular formula is C24H26N2O4. The number of nitrogens with one attached hydrogen (secondary N) is 1. The fourth-order valence-electron chi connectivity index (χ4n) is 2.87. The summed E-state index contributed by atoms with van der Waals surface area (Å²) >= 11 is 0. The Bertz CT molecular complexity index is 974. The molecule has 0 saturated carbocycles.